The zero-order chi connectivity index (χ0) is 22.1. The van der Waals surface area contributed by atoms with Crippen LogP contribution in [0, 0.1) is 5.41 Å². The minimum Gasteiger partial charge on any atom is -0.313 e. The van der Waals surface area contributed by atoms with Crippen LogP contribution < -0.4 is 5.32 Å². The van der Waals surface area contributed by atoms with Crippen LogP contribution in [-0.2, 0) is 13.0 Å². The van der Waals surface area contributed by atoms with Gasteiger partial charge in [0.15, 0.2) is 0 Å². The number of nitrogens with one attached hydrogen (secondary N) is 1. The molecule has 0 aliphatic heterocycles. The van der Waals surface area contributed by atoms with Crippen LogP contribution in [0.3, 0.4) is 0 Å². The van der Waals surface area contributed by atoms with Gasteiger partial charge in [0.2, 0.25) is 0 Å². The third-order valence-electron chi connectivity index (χ3n) is 5.53. The maximum absolute atomic E-state index is 4.43. The summed E-state index contributed by atoms with van der Waals surface area (Å²) in [5, 5.41) is 3.45. The molecule has 0 saturated heterocycles. The summed E-state index contributed by atoms with van der Waals surface area (Å²) in [6, 6.07) is 15.6. The molecular weight excluding hydrogens is 362 g/mol. The molecule has 2 aromatic rings. The molecule has 0 saturated carbocycles. The van der Waals surface area contributed by atoms with Gasteiger partial charge in [-0.2, -0.15) is 0 Å². The van der Waals surface area contributed by atoms with Crippen molar-refractivity contribution in [1.82, 2.24) is 5.32 Å². The number of unbranched alkanes of at least 4 members (excludes halogenated alkanes) is 1. The van der Waals surface area contributed by atoms with Gasteiger partial charge in [-0.1, -0.05) is 109 Å². The molecule has 160 valence electrons. The van der Waals surface area contributed by atoms with Crippen molar-refractivity contribution in [2.24, 2.45) is 5.41 Å². The van der Waals surface area contributed by atoms with Gasteiger partial charge in [-0.05, 0) is 63.8 Å². The Morgan fingerprint density at radius 1 is 1.03 bits per heavy atom. The van der Waals surface area contributed by atoms with Crippen molar-refractivity contribution in [3.8, 4) is 11.1 Å². The maximum Gasteiger partial charge on any atom is 0.0205 e. The zero-order valence-corrected chi connectivity index (χ0v) is 19.6. The number of benzene rings is 2. The van der Waals surface area contributed by atoms with Gasteiger partial charge in [0.05, 0.1) is 0 Å². The molecule has 1 heteroatoms. The first kappa shape index (κ1) is 23.9. The van der Waals surface area contributed by atoms with E-state index in [-0.39, 0.29) is 5.41 Å². The first-order valence-corrected chi connectivity index (χ1v) is 11.3. The average molecular weight is 402 g/mol. The van der Waals surface area contributed by atoms with Gasteiger partial charge in [0.25, 0.3) is 0 Å². The van der Waals surface area contributed by atoms with E-state index >= 15 is 0 Å². The Balaban J connectivity index is 2.53. The maximum atomic E-state index is 4.43. The summed E-state index contributed by atoms with van der Waals surface area (Å²) in [4.78, 5) is 0. The fourth-order valence-electron chi connectivity index (χ4n) is 3.71. The Labute approximate surface area is 184 Å². The highest BCUT2D eigenvalue weighted by molar-refractivity contribution is 5.86. The quantitative estimate of drug-likeness (QED) is 0.398. The van der Waals surface area contributed by atoms with Crippen LogP contribution in [0.25, 0.3) is 16.7 Å². The van der Waals surface area contributed by atoms with E-state index in [0.717, 1.165) is 25.1 Å². The monoisotopic (exact) mass is 401 g/mol. The molecule has 0 aromatic heterocycles. The smallest absolute Gasteiger partial charge is 0.0205 e. The third-order valence-corrected chi connectivity index (χ3v) is 5.53. The topological polar surface area (TPSA) is 12.0 Å². The molecular formula is C29H39N. The lowest BCUT2D eigenvalue weighted by Gasteiger charge is -2.21. The first-order valence-electron chi connectivity index (χ1n) is 11.3. The number of allylic oxidation sites excluding steroid dienone is 4. The zero-order valence-electron chi connectivity index (χ0n) is 19.6. The molecule has 1 N–H and O–H groups in total. The average Bonchev–Trinajstić information content (AvgIpc) is 2.73. The predicted molar refractivity (Wildman–Crippen MR) is 135 cm³/mol. The van der Waals surface area contributed by atoms with Crippen LogP contribution in [0.15, 0.2) is 73.3 Å². The van der Waals surface area contributed by atoms with E-state index in [9.17, 15) is 0 Å². The second-order valence-corrected chi connectivity index (χ2v) is 9.00. The van der Waals surface area contributed by atoms with Crippen molar-refractivity contribution >= 4 is 5.57 Å². The molecule has 0 unspecified atom stereocenters. The minimum absolute atomic E-state index is 0.0415. The highest BCUT2D eigenvalue weighted by Crippen LogP contribution is 2.35. The summed E-state index contributed by atoms with van der Waals surface area (Å²) < 4.78 is 0. The lowest BCUT2D eigenvalue weighted by molar-refractivity contribution is 0.517. The summed E-state index contributed by atoms with van der Waals surface area (Å²) >= 11 is 0. The molecule has 0 atom stereocenters. The standard InChI is InChI=1S/C29H39N/c1-8-11-14-24-20-23(21-30-10-3)17-18-27(24)28-16-13-12-15-26(28)22(4)19-25(9-2)29(5,6)7/h9,12-13,15-20,30H,2,4,8,10-11,14,21H2,1,3,5-7H3/b25-19+. The molecule has 2 aromatic carbocycles. The van der Waals surface area contributed by atoms with E-state index in [1.807, 2.05) is 6.08 Å². The van der Waals surface area contributed by atoms with Gasteiger partial charge in [0, 0.05) is 6.54 Å². The number of aryl methyl sites for hydroxylation is 1. The Morgan fingerprint density at radius 2 is 1.77 bits per heavy atom. The second-order valence-electron chi connectivity index (χ2n) is 9.00. The number of rotatable bonds is 10. The van der Waals surface area contributed by atoms with E-state index in [1.165, 1.54) is 46.2 Å². The molecule has 0 amide bonds. The van der Waals surface area contributed by atoms with Crippen LogP contribution in [0.1, 0.15) is 64.2 Å². The summed E-state index contributed by atoms with van der Waals surface area (Å²) in [6.45, 7) is 21.4. The van der Waals surface area contributed by atoms with Crippen LogP contribution >= 0.6 is 0 Å². The third kappa shape index (κ3) is 6.31. The van der Waals surface area contributed by atoms with Crippen molar-refractivity contribution < 1.29 is 0 Å². The van der Waals surface area contributed by atoms with Gasteiger partial charge >= 0.3 is 0 Å². The normalized spacial score (nSPS) is 12.1. The minimum atomic E-state index is 0.0415. The Bertz CT molecular complexity index is 893. The predicted octanol–water partition coefficient (Wildman–Crippen LogP) is 7.98. The van der Waals surface area contributed by atoms with Crippen molar-refractivity contribution in [2.45, 2.75) is 60.4 Å². The van der Waals surface area contributed by atoms with Gasteiger partial charge in [-0.3, -0.25) is 0 Å². The van der Waals surface area contributed by atoms with Crippen LogP contribution in [0.2, 0.25) is 0 Å². The molecule has 0 heterocycles. The summed E-state index contributed by atoms with van der Waals surface area (Å²) in [5.41, 5.74) is 8.84. The fraction of sp³-hybridized carbons (Fsp3) is 0.379. The van der Waals surface area contributed by atoms with Crippen LogP contribution in [0.5, 0.6) is 0 Å². The lowest BCUT2D eigenvalue weighted by Crippen LogP contribution is -2.12. The van der Waals surface area contributed by atoms with Gasteiger partial charge in [0.1, 0.15) is 0 Å². The molecule has 1 nitrogen and oxygen atoms in total. The molecule has 30 heavy (non-hydrogen) atoms. The Hall–Kier alpha value is -2.38. The van der Waals surface area contributed by atoms with Gasteiger partial charge in [-0.25, -0.2) is 0 Å². The van der Waals surface area contributed by atoms with Crippen LogP contribution in [0.4, 0.5) is 0 Å². The molecule has 0 fully saturated rings. The first-order chi connectivity index (χ1) is 14.3. The molecule has 0 bridgehead atoms. The van der Waals surface area contributed by atoms with Gasteiger partial charge in [-0.15, -0.1) is 0 Å². The Morgan fingerprint density at radius 3 is 2.40 bits per heavy atom. The SMILES string of the molecule is C=C/C(=C\C(=C)c1ccccc1-c1ccc(CNCC)cc1CCCC)C(C)(C)C. The van der Waals surface area contributed by atoms with E-state index in [2.05, 4.69) is 102 Å². The molecule has 0 spiro atoms. The largest absolute Gasteiger partial charge is 0.313 e. The second kappa shape index (κ2) is 11.1. The summed E-state index contributed by atoms with van der Waals surface area (Å²) in [6.07, 6.45) is 7.64. The Kier molecular flexibility index (Phi) is 8.87. The van der Waals surface area contributed by atoms with E-state index in [4.69, 9.17) is 0 Å². The van der Waals surface area contributed by atoms with Gasteiger partial charge < -0.3 is 5.32 Å². The highest BCUT2D eigenvalue weighted by atomic mass is 14.8. The summed E-state index contributed by atoms with van der Waals surface area (Å²) in [7, 11) is 0. The van der Waals surface area contributed by atoms with Crippen molar-refractivity contribution in [2.75, 3.05) is 6.54 Å². The molecule has 0 aliphatic carbocycles. The van der Waals surface area contributed by atoms with E-state index in [1.54, 1.807) is 0 Å². The van der Waals surface area contributed by atoms with E-state index in [0.29, 0.717) is 0 Å². The van der Waals surface area contributed by atoms with Crippen molar-refractivity contribution in [3.05, 3.63) is 90.0 Å². The highest BCUT2D eigenvalue weighted by Gasteiger charge is 2.16. The molecule has 0 aliphatic rings. The number of hydrogen-bond acceptors (Lipinski definition) is 1. The number of hydrogen-bond donors (Lipinski definition) is 1. The van der Waals surface area contributed by atoms with Crippen LogP contribution in [-0.4, -0.2) is 6.54 Å². The molecule has 2 rings (SSSR count). The lowest BCUT2D eigenvalue weighted by atomic mass is 9.83. The summed E-state index contributed by atoms with van der Waals surface area (Å²) in [5.74, 6) is 0. The fourth-order valence-corrected chi connectivity index (χ4v) is 3.71. The van der Waals surface area contributed by atoms with Crippen molar-refractivity contribution in [3.63, 3.8) is 0 Å². The molecule has 0 radical (unpaired) electrons. The van der Waals surface area contributed by atoms with Crippen molar-refractivity contribution in [1.29, 1.82) is 0 Å². The van der Waals surface area contributed by atoms with E-state index < -0.39 is 0 Å².